The number of primary amides is 1. The number of aryl methyl sites for hydroxylation is 1. The standard InChI is InChI=1S/C18H26N2O3/c1-23-16-8-5-13-20(15(16)10-11-17(19)21)18(22)12-9-14-6-3-2-4-7-14/h2-4,6-7,15-16H,5,8-13H2,1H3,(H2,19,21)/t15-,16-/m0/s1. The summed E-state index contributed by atoms with van der Waals surface area (Å²) in [5.41, 5.74) is 6.43. The molecule has 2 atom stereocenters. The molecule has 23 heavy (non-hydrogen) atoms. The number of nitrogens with zero attached hydrogens (tertiary/aromatic N) is 1. The first-order valence-electron chi connectivity index (χ1n) is 8.26. The van der Waals surface area contributed by atoms with Crippen LogP contribution in [0.3, 0.4) is 0 Å². The van der Waals surface area contributed by atoms with Crippen LogP contribution in [-0.2, 0) is 20.7 Å². The number of rotatable bonds is 7. The fourth-order valence-electron chi connectivity index (χ4n) is 3.28. The Morgan fingerprint density at radius 1 is 1.26 bits per heavy atom. The Kier molecular flexibility index (Phi) is 6.59. The maximum atomic E-state index is 12.6. The Bertz CT molecular complexity index is 518. The molecule has 0 spiro atoms. The predicted octanol–water partition coefficient (Wildman–Crippen LogP) is 1.89. The Morgan fingerprint density at radius 2 is 2.00 bits per heavy atom. The van der Waals surface area contributed by atoms with Gasteiger partial charge in [0.05, 0.1) is 12.1 Å². The summed E-state index contributed by atoms with van der Waals surface area (Å²) in [5, 5.41) is 0. The van der Waals surface area contributed by atoms with Gasteiger partial charge in [0.1, 0.15) is 0 Å². The van der Waals surface area contributed by atoms with E-state index in [4.69, 9.17) is 10.5 Å². The van der Waals surface area contributed by atoms with Gasteiger partial charge in [0.25, 0.3) is 0 Å². The second-order valence-electron chi connectivity index (χ2n) is 6.06. The Balaban J connectivity index is 1.98. The van der Waals surface area contributed by atoms with Gasteiger partial charge in [-0.3, -0.25) is 9.59 Å². The first kappa shape index (κ1) is 17.5. The zero-order chi connectivity index (χ0) is 16.7. The summed E-state index contributed by atoms with van der Waals surface area (Å²) in [5.74, 6) is -0.202. The van der Waals surface area contributed by atoms with Gasteiger partial charge < -0.3 is 15.4 Å². The quantitative estimate of drug-likeness (QED) is 0.834. The SMILES string of the molecule is CO[C@H]1CCCN(C(=O)CCc2ccccc2)[C@H]1CCC(N)=O. The summed E-state index contributed by atoms with van der Waals surface area (Å²) in [7, 11) is 1.67. The molecule has 5 heteroatoms. The van der Waals surface area contributed by atoms with Crippen LogP contribution < -0.4 is 5.73 Å². The number of amides is 2. The zero-order valence-corrected chi connectivity index (χ0v) is 13.7. The number of hydrogen-bond acceptors (Lipinski definition) is 3. The van der Waals surface area contributed by atoms with Gasteiger partial charge in [-0.05, 0) is 31.2 Å². The summed E-state index contributed by atoms with van der Waals surface area (Å²) >= 11 is 0. The second-order valence-corrected chi connectivity index (χ2v) is 6.06. The topological polar surface area (TPSA) is 72.6 Å². The lowest BCUT2D eigenvalue weighted by Crippen LogP contribution is -2.52. The molecule has 1 heterocycles. The van der Waals surface area contributed by atoms with Gasteiger partial charge in [-0.2, -0.15) is 0 Å². The molecule has 1 aromatic rings. The molecule has 2 amide bonds. The molecule has 0 saturated carbocycles. The van der Waals surface area contributed by atoms with E-state index < -0.39 is 0 Å². The van der Waals surface area contributed by atoms with Crippen LogP contribution in [0, 0.1) is 0 Å². The lowest BCUT2D eigenvalue weighted by Gasteiger charge is -2.40. The zero-order valence-electron chi connectivity index (χ0n) is 13.7. The third kappa shape index (κ3) is 5.06. The van der Waals surface area contributed by atoms with Crippen molar-refractivity contribution < 1.29 is 14.3 Å². The minimum atomic E-state index is -0.331. The lowest BCUT2D eigenvalue weighted by atomic mass is 9.93. The third-order valence-corrected chi connectivity index (χ3v) is 4.50. The van der Waals surface area contributed by atoms with Gasteiger partial charge in [-0.1, -0.05) is 30.3 Å². The monoisotopic (exact) mass is 318 g/mol. The lowest BCUT2D eigenvalue weighted by molar-refractivity contribution is -0.140. The number of nitrogens with two attached hydrogens (primary N) is 1. The maximum absolute atomic E-state index is 12.6. The Labute approximate surface area is 137 Å². The van der Waals surface area contributed by atoms with E-state index in [2.05, 4.69) is 0 Å². The fraction of sp³-hybridized carbons (Fsp3) is 0.556. The van der Waals surface area contributed by atoms with Gasteiger partial charge >= 0.3 is 0 Å². The van der Waals surface area contributed by atoms with Gasteiger partial charge in [0.15, 0.2) is 0 Å². The molecule has 1 aliphatic rings. The summed E-state index contributed by atoms with van der Waals surface area (Å²) in [6, 6.07) is 9.95. The average Bonchev–Trinajstić information content (AvgIpc) is 2.58. The molecule has 1 aromatic carbocycles. The second kappa shape index (κ2) is 8.67. The van der Waals surface area contributed by atoms with Crippen molar-refractivity contribution in [1.82, 2.24) is 4.90 Å². The number of carbonyl (C=O) groups excluding carboxylic acids is 2. The largest absolute Gasteiger partial charge is 0.379 e. The van der Waals surface area contributed by atoms with Crippen LogP contribution in [0.1, 0.15) is 37.7 Å². The molecule has 0 aromatic heterocycles. The summed E-state index contributed by atoms with van der Waals surface area (Å²) in [6.07, 6.45) is 3.91. The number of benzene rings is 1. The molecule has 0 unspecified atom stereocenters. The highest BCUT2D eigenvalue weighted by atomic mass is 16.5. The van der Waals surface area contributed by atoms with Crippen molar-refractivity contribution in [1.29, 1.82) is 0 Å². The number of carbonyl (C=O) groups is 2. The molecule has 1 fully saturated rings. The molecule has 5 nitrogen and oxygen atoms in total. The van der Waals surface area contributed by atoms with Crippen LogP contribution in [0.15, 0.2) is 30.3 Å². The van der Waals surface area contributed by atoms with Crippen molar-refractivity contribution in [3.63, 3.8) is 0 Å². The summed E-state index contributed by atoms with van der Waals surface area (Å²) in [6.45, 7) is 0.733. The molecular weight excluding hydrogens is 292 g/mol. The minimum absolute atomic E-state index is 0.0104. The molecule has 2 rings (SSSR count). The number of likely N-dealkylation sites (tertiary alicyclic amines) is 1. The first-order chi connectivity index (χ1) is 11.1. The van der Waals surface area contributed by atoms with Crippen molar-refractivity contribution in [3.05, 3.63) is 35.9 Å². The molecule has 1 aliphatic heterocycles. The molecule has 2 N–H and O–H groups in total. The van der Waals surface area contributed by atoms with E-state index in [0.29, 0.717) is 12.8 Å². The molecule has 0 bridgehead atoms. The molecule has 126 valence electrons. The fourth-order valence-corrected chi connectivity index (χ4v) is 3.28. The number of methoxy groups -OCH3 is 1. The van der Waals surface area contributed by atoms with Crippen molar-refractivity contribution in [3.8, 4) is 0 Å². The van der Waals surface area contributed by atoms with Crippen LogP contribution in [0.5, 0.6) is 0 Å². The van der Waals surface area contributed by atoms with E-state index in [9.17, 15) is 9.59 Å². The van der Waals surface area contributed by atoms with Gasteiger partial charge in [0.2, 0.25) is 11.8 Å². The number of ether oxygens (including phenoxy) is 1. The van der Waals surface area contributed by atoms with Crippen LogP contribution >= 0.6 is 0 Å². The first-order valence-corrected chi connectivity index (χ1v) is 8.26. The van der Waals surface area contributed by atoms with Crippen LogP contribution in [0.4, 0.5) is 0 Å². The maximum Gasteiger partial charge on any atom is 0.223 e. The van der Waals surface area contributed by atoms with Gasteiger partial charge in [0, 0.05) is 26.5 Å². The van der Waals surface area contributed by atoms with Gasteiger partial charge in [-0.15, -0.1) is 0 Å². The van der Waals surface area contributed by atoms with Crippen molar-refractivity contribution in [2.45, 2.75) is 50.7 Å². The highest BCUT2D eigenvalue weighted by Crippen LogP contribution is 2.24. The van der Waals surface area contributed by atoms with E-state index >= 15 is 0 Å². The van der Waals surface area contributed by atoms with Crippen molar-refractivity contribution >= 4 is 11.8 Å². The van der Waals surface area contributed by atoms with E-state index in [1.54, 1.807) is 7.11 Å². The van der Waals surface area contributed by atoms with E-state index in [0.717, 1.165) is 31.4 Å². The normalized spacial score (nSPS) is 21.2. The summed E-state index contributed by atoms with van der Waals surface area (Å²) in [4.78, 5) is 25.6. The number of hydrogen-bond donors (Lipinski definition) is 1. The highest BCUT2D eigenvalue weighted by molar-refractivity contribution is 5.77. The molecule has 0 aliphatic carbocycles. The minimum Gasteiger partial charge on any atom is -0.379 e. The average molecular weight is 318 g/mol. The molecular formula is C18H26N2O3. The van der Waals surface area contributed by atoms with E-state index in [1.165, 1.54) is 0 Å². The van der Waals surface area contributed by atoms with Crippen LogP contribution in [0.2, 0.25) is 0 Å². The van der Waals surface area contributed by atoms with Crippen LogP contribution in [-0.4, -0.2) is 42.5 Å². The highest BCUT2D eigenvalue weighted by Gasteiger charge is 2.34. The Hall–Kier alpha value is -1.88. The smallest absolute Gasteiger partial charge is 0.223 e. The molecule has 0 radical (unpaired) electrons. The van der Waals surface area contributed by atoms with Crippen molar-refractivity contribution in [2.24, 2.45) is 5.73 Å². The van der Waals surface area contributed by atoms with Crippen molar-refractivity contribution in [2.75, 3.05) is 13.7 Å². The Morgan fingerprint density at radius 3 is 2.65 bits per heavy atom. The van der Waals surface area contributed by atoms with E-state index in [-0.39, 0.29) is 30.4 Å². The third-order valence-electron chi connectivity index (χ3n) is 4.50. The van der Waals surface area contributed by atoms with Gasteiger partial charge in [-0.25, -0.2) is 0 Å². The predicted molar refractivity (Wildman–Crippen MR) is 88.7 cm³/mol. The number of piperidine rings is 1. The molecule has 1 saturated heterocycles. The van der Waals surface area contributed by atoms with Crippen LogP contribution in [0.25, 0.3) is 0 Å². The summed E-state index contributed by atoms with van der Waals surface area (Å²) < 4.78 is 5.53. The van der Waals surface area contributed by atoms with E-state index in [1.807, 2.05) is 35.2 Å².